The normalized spacial score (nSPS) is 17.2. The second-order valence-corrected chi connectivity index (χ2v) is 9.18. The van der Waals surface area contributed by atoms with Gasteiger partial charge in [0.05, 0.1) is 6.54 Å². The molecule has 1 aliphatic carbocycles. The van der Waals surface area contributed by atoms with Crippen molar-refractivity contribution in [3.8, 4) is 0 Å². The Bertz CT molecular complexity index is 1400. The van der Waals surface area contributed by atoms with Crippen LogP contribution >= 0.6 is 0 Å². The smallest absolute Gasteiger partial charge is 0.341 e. The second-order valence-electron chi connectivity index (χ2n) is 9.18. The summed E-state index contributed by atoms with van der Waals surface area (Å²) in [5, 5.41) is 19.9. The molecule has 1 saturated heterocycles. The molecule has 2 heterocycles. The van der Waals surface area contributed by atoms with Gasteiger partial charge in [-0.05, 0) is 40.1 Å². The summed E-state index contributed by atoms with van der Waals surface area (Å²) in [5.74, 6) is -2.25. The summed E-state index contributed by atoms with van der Waals surface area (Å²) in [6.45, 7) is 2.08. The van der Waals surface area contributed by atoms with Gasteiger partial charge in [0.25, 0.3) is 0 Å². The molecule has 10 nitrogen and oxygen atoms in total. The van der Waals surface area contributed by atoms with Gasteiger partial charge in [-0.15, -0.1) is 0 Å². The SMILES string of the molecule is O=C(O)COC1=Cc2c(C(=O)CN3CCN(c4ccncc4)CC3)ccc3cccc(c23)C1OCC(=O)O. The summed E-state index contributed by atoms with van der Waals surface area (Å²) in [5.41, 5.74) is 2.85. The van der Waals surface area contributed by atoms with Gasteiger partial charge >= 0.3 is 11.9 Å². The van der Waals surface area contributed by atoms with Crippen LogP contribution in [0.1, 0.15) is 27.6 Å². The van der Waals surface area contributed by atoms with E-state index in [1.54, 1.807) is 30.6 Å². The second kappa shape index (κ2) is 11.0. The van der Waals surface area contributed by atoms with Crippen molar-refractivity contribution in [2.45, 2.75) is 6.10 Å². The molecule has 1 atom stereocenters. The molecule has 3 aromatic rings. The number of anilines is 1. The molecular weight excluding hydrogens is 490 g/mol. The van der Waals surface area contributed by atoms with Gasteiger partial charge in [-0.2, -0.15) is 0 Å². The third-order valence-electron chi connectivity index (χ3n) is 6.75. The van der Waals surface area contributed by atoms with Gasteiger partial charge in [0.15, 0.2) is 12.4 Å². The number of piperazine rings is 1. The summed E-state index contributed by atoms with van der Waals surface area (Å²) in [4.78, 5) is 44.4. The highest BCUT2D eigenvalue weighted by atomic mass is 16.6. The standard InChI is InChI=1S/C28H27N3O7/c32-23(15-30-10-12-31(13-11-30)19-6-8-29-9-7-19)20-5-4-18-2-1-3-21-27(18)22(20)14-24(37-16-25(33)34)28(21)38-17-26(35)36/h1-9,14,28H,10-13,15-17H2,(H,33,34)(H,35,36). The van der Waals surface area contributed by atoms with Crippen LogP contribution in [0.5, 0.6) is 0 Å². The first-order valence-electron chi connectivity index (χ1n) is 12.3. The lowest BCUT2D eigenvalue weighted by molar-refractivity contribution is -0.146. The van der Waals surface area contributed by atoms with Crippen LogP contribution in [-0.2, 0) is 19.1 Å². The van der Waals surface area contributed by atoms with Gasteiger partial charge in [-0.25, -0.2) is 9.59 Å². The van der Waals surface area contributed by atoms with Crippen molar-refractivity contribution in [1.82, 2.24) is 9.88 Å². The lowest BCUT2D eigenvalue weighted by Crippen LogP contribution is -2.48. The van der Waals surface area contributed by atoms with E-state index in [0.717, 1.165) is 42.6 Å². The maximum absolute atomic E-state index is 13.6. The average molecular weight is 518 g/mol. The van der Waals surface area contributed by atoms with E-state index < -0.39 is 31.3 Å². The van der Waals surface area contributed by atoms with Gasteiger partial charge in [-0.1, -0.05) is 30.3 Å². The van der Waals surface area contributed by atoms with Crippen molar-refractivity contribution in [2.75, 3.05) is 50.8 Å². The predicted octanol–water partition coefficient (Wildman–Crippen LogP) is 2.84. The first-order valence-corrected chi connectivity index (χ1v) is 12.3. The van der Waals surface area contributed by atoms with Crippen LogP contribution in [0.15, 0.2) is 60.6 Å². The molecule has 10 heteroatoms. The van der Waals surface area contributed by atoms with E-state index in [1.165, 1.54) is 0 Å². The topological polar surface area (TPSA) is 130 Å². The van der Waals surface area contributed by atoms with Gasteiger partial charge < -0.3 is 24.6 Å². The number of ether oxygens (including phenoxy) is 2. The number of carboxylic acids is 2. The molecule has 0 bridgehead atoms. The zero-order chi connectivity index (χ0) is 26.6. The Morgan fingerprint density at radius 1 is 0.921 bits per heavy atom. The number of carbonyl (C=O) groups is 3. The molecule has 2 aromatic carbocycles. The average Bonchev–Trinajstić information content (AvgIpc) is 2.92. The van der Waals surface area contributed by atoms with Crippen LogP contribution in [0.2, 0.25) is 0 Å². The van der Waals surface area contributed by atoms with E-state index in [1.807, 2.05) is 30.3 Å². The number of ketones is 1. The van der Waals surface area contributed by atoms with Crippen LogP contribution in [0.25, 0.3) is 16.8 Å². The molecule has 196 valence electrons. The summed E-state index contributed by atoms with van der Waals surface area (Å²) >= 11 is 0. The Kier molecular flexibility index (Phi) is 7.34. The fraction of sp³-hybridized carbons (Fsp3) is 0.286. The molecule has 38 heavy (non-hydrogen) atoms. The van der Waals surface area contributed by atoms with E-state index in [4.69, 9.17) is 19.7 Å². The Labute approximate surface area is 218 Å². The minimum absolute atomic E-state index is 0.0622. The van der Waals surface area contributed by atoms with Crippen LogP contribution in [0.3, 0.4) is 0 Å². The molecular formula is C28H27N3O7. The number of pyridine rings is 1. The first kappa shape index (κ1) is 25.4. The Balaban J connectivity index is 1.41. The Morgan fingerprint density at radius 2 is 1.66 bits per heavy atom. The van der Waals surface area contributed by atoms with Crippen LogP contribution in [0.4, 0.5) is 5.69 Å². The molecule has 2 aliphatic rings. The molecule has 0 saturated carbocycles. The highest BCUT2D eigenvalue weighted by molar-refractivity contribution is 6.08. The van der Waals surface area contributed by atoms with Gasteiger partial charge in [0.1, 0.15) is 18.5 Å². The van der Waals surface area contributed by atoms with Crippen LogP contribution in [-0.4, -0.2) is 83.8 Å². The van der Waals surface area contributed by atoms with Crippen LogP contribution < -0.4 is 4.90 Å². The van der Waals surface area contributed by atoms with Gasteiger partial charge in [0, 0.05) is 49.8 Å². The minimum Gasteiger partial charge on any atom is -0.483 e. The van der Waals surface area contributed by atoms with E-state index >= 15 is 0 Å². The third kappa shape index (κ3) is 5.36. The third-order valence-corrected chi connectivity index (χ3v) is 6.75. The van der Waals surface area contributed by atoms with Crippen molar-refractivity contribution in [2.24, 2.45) is 0 Å². The fourth-order valence-electron chi connectivity index (χ4n) is 5.02. The number of Topliss-reactive ketones (excluding diaryl/α,β-unsaturated/α-hetero) is 1. The number of nitrogens with zero attached hydrogens (tertiary/aromatic N) is 3. The van der Waals surface area contributed by atoms with Gasteiger partial charge in [-0.3, -0.25) is 14.7 Å². The molecule has 1 fully saturated rings. The number of hydrogen-bond acceptors (Lipinski definition) is 8. The van der Waals surface area contributed by atoms with Crippen molar-refractivity contribution in [1.29, 1.82) is 0 Å². The van der Waals surface area contributed by atoms with Crippen LogP contribution in [0, 0.1) is 0 Å². The highest BCUT2D eigenvalue weighted by Crippen LogP contribution is 2.41. The quantitative estimate of drug-likeness (QED) is 0.387. The van der Waals surface area contributed by atoms with Crippen molar-refractivity contribution < 1.29 is 34.1 Å². The number of aliphatic carboxylic acids is 2. The van der Waals surface area contributed by atoms with Crippen molar-refractivity contribution in [3.63, 3.8) is 0 Å². The van der Waals surface area contributed by atoms with E-state index in [9.17, 15) is 14.4 Å². The number of aromatic nitrogens is 1. The summed E-state index contributed by atoms with van der Waals surface area (Å²) in [6, 6.07) is 13.1. The molecule has 1 aliphatic heterocycles. The predicted molar refractivity (Wildman–Crippen MR) is 139 cm³/mol. The number of benzene rings is 2. The monoisotopic (exact) mass is 517 g/mol. The first-order chi connectivity index (χ1) is 18.4. The molecule has 5 rings (SSSR count). The lowest BCUT2D eigenvalue weighted by atomic mass is 9.86. The Morgan fingerprint density at radius 3 is 2.37 bits per heavy atom. The maximum Gasteiger partial charge on any atom is 0.341 e. The molecule has 0 spiro atoms. The maximum atomic E-state index is 13.6. The largest absolute Gasteiger partial charge is 0.483 e. The molecule has 0 radical (unpaired) electrons. The minimum atomic E-state index is -1.18. The van der Waals surface area contributed by atoms with E-state index in [-0.39, 0.29) is 18.1 Å². The molecule has 1 aromatic heterocycles. The summed E-state index contributed by atoms with van der Waals surface area (Å²) < 4.78 is 11.1. The zero-order valence-corrected chi connectivity index (χ0v) is 20.6. The van der Waals surface area contributed by atoms with Crippen molar-refractivity contribution in [3.05, 3.63) is 77.3 Å². The molecule has 2 N–H and O–H groups in total. The molecule has 1 unspecified atom stereocenters. The number of carbonyl (C=O) groups excluding carboxylic acids is 1. The lowest BCUT2D eigenvalue weighted by Gasteiger charge is -2.35. The van der Waals surface area contributed by atoms with Gasteiger partial charge in [0.2, 0.25) is 0 Å². The fourth-order valence-corrected chi connectivity index (χ4v) is 5.02. The zero-order valence-electron chi connectivity index (χ0n) is 20.6. The highest BCUT2D eigenvalue weighted by Gasteiger charge is 2.30. The summed E-state index contributed by atoms with van der Waals surface area (Å²) in [7, 11) is 0. The number of carboxylic acid groups (broad SMARTS) is 2. The molecule has 0 amide bonds. The summed E-state index contributed by atoms with van der Waals surface area (Å²) in [6.07, 6.45) is 4.24. The van der Waals surface area contributed by atoms with E-state index in [0.29, 0.717) is 16.7 Å². The Hall–Kier alpha value is -4.28. The number of rotatable bonds is 10. The van der Waals surface area contributed by atoms with Crippen molar-refractivity contribution >= 4 is 40.3 Å². The number of hydrogen-bond donors (Lipinski definition) is 2. The van der Waals surface area contributed by atoms with E-state index in [2.05, 4.69) is 14.8 Å².